The first-order chi connectivity index (χ1) is 8.16. The summed E-state index contributed by atoms with van der Waals surface area (Å²) >= 11 is 0. The number of nitro groups is 1. The molecule has 1 atom stereocenters. The van der Waals surface area contributed by atoms with Crippen molar-refractivity contribution in [2.75, 3.05) is 5.32 Å². The molecule has 2 rings (SSSR count). The van der Waals surface area contributed by atoms with Crippen LogP contribution in [0.4, 0.5) is 11.5 Å². The van der Waals surface area contributed by atoms with Crippen molar-refractivity contribution < 1.29 is 4.92 Å². The number of aromatic nitrogens is 3. The number of H-pyrrole nitrogens is 1. The Labute approximate surface area is 97.1 Å². The summed E-state index contributed by atoms with van der Waals surface area (Å²) in [6.45, 7) is 1.89. The lowest BCUT2D eigenvalue weighted by Crippen LogP contribution is -2.09. The Hall–Kier alpha value is -2.44. The average Bonchev–Trinajstić information content (AvgIpc) is 2.82. The first-order valence-corrected chi connectivity index (χ1v) is 5.03. The van der Waals surface area contributed by atoms with Crippen LogP contribution in [0.1, 0.15) is 18.8 Å². The van der Waals surface area contributed by atoms with E-state index in [-0.39, 0.29) is 11.7 Å². The van der Waals surface area contributed by atoms with Gasteiger partial charge in [0.15, 0.2) is 0 Å². The second-order valence-corrected chi connectivity index (χ2v) is 3.50. The number of nitrogens with zero attached hydrogens (tertiary/aromatic N) is 3. The molecule has 1 unspecified atom stereocenters. The molecule has 88 valence electrons. The van der Waals surface area contributed by atoms with Gasteiger partial charge >= 0.3 is 0 Å². The van der Waals surface area contributed by atoms with E-state index in [1.807, 2.05) is 6.92 Å². The highest BCUT2D eigenvalue weighted by Gasteiger charge is 2.11. The Balaban J connectivity index is 2.13. The molecule has 0 aromatic carbocycles. The van der Waals surface area contributed by atoms with Crippen LogP contribution in [0.2, 0.25) is 0 Å². The maximum Gasteiger partial charge on any atom is 0.274 e. The number of rotatable bonds is 4. The van der Waals surface area contributed by atoms with E-state index in [2.05, 4.69) is 20.3 Å². The second-order valence-electron chi connectivity index (χ2n) is 3.50. The molecule has 0 spiro atoms. The second kappa shape index (κ2) is 4.60. The molecule has 2 heterocycles. The van der Waals surface area contributed by atoms with Crippen molar-refractivity contribution in [3.8, 4) is 0 Å². The van der Waals surface area contributed by atoms with Gasteiger partial charge in [0.2, 0.25) is 0 Å². The van der Waals surface area contributed by atoms with Crippen LogP contribution in [0.5, 0.6) is 0 Å². The average molecular weight is 233 g/mol. The van der Waals surface area contributed by atoms with Crippen LogP contribution in [0.25, 0.3) is 0 Å². The molecule has 0 fully saturated rings. The number of pyridine rings is 1. The van der Waals surface area contributed by atoms with Crippen LogP contribution >= 0.6 is 0 Å². The van der Waals surface area contributed by atoms with Crippen LogP contribution in [0, 0.1) is 10.1 Å². The Morgan fingerprint density at radius 3 is 2.94 bits per heavy atom. The standard InChI is InChI=1S/C10H11N5O2/c1-7(10-12-4-5-13-10)14-9-6-8(15(16)17)2-3-11-9/h2-7H,1H3,(H,11,14)(H,12,13). The molecule has 0 saturated carbocycles. The van der Waals surface area contributed by atoms with Crippen molar-refractivity contribution in [2.45, 2.75) is 13.0 Å². The number of hydrogen-bond acceptors (Lipinski definition) is 5. The van der Waals surface area contributed by atoms with Gasteiger partial charge in [-0.15, -0.1) is 0 Å². The highest BCUT2D eigenvalue weighted by Crippen LogP contribution is 2.18. The van der Waals surface area contributed by atoms with Gasteiger partial charge in [0, 0.05) is 24.7 Å². The summed E-state index contributed by atoms with van der Waals surface area (Å²) in [7, 11) is 0. The minimum Gasteiger partial charge on any atom is -0.360 e. The van der Waals surface area contributed by atoms with E-state index in [1.54, 1.807) is 12.4 Å². The molecule has 0 bridgehead atoms. The summed E-state index contributed by atoms with van der Waals surface area (Å²) in [6, 6.07) is 2.64. The molecule has 0 aliphatic heterocycles. The summed E-state index contributed by atoms with van der Waals surface area (Å²) in [5.41, 5.74) is 0.00847. The van der Waals surface area contributed by atoms with Gasteiger partial charge in [-0.2, -0.15) is 0 Å². The van der Waals surface area contributed by atoms with E-state index < -0.39 is 4.92 Å². The molecule has 2 aromatic rings. The SMILES string of the molecule is CC(Nc1cc([N+](=O)[O-])ccn1)c1ncc[nH]1. The van der Waals surface area contributed by atoms with Gasteiger partial charge in [0.25, 0.3) is 5.69 Å². The molecule has 2 N–H and O–H groups in total. The predicted octanol–water partition coefficient (Wildman–Crippen LogP) is 1.89. The quantitative estimate of drug-likeness (QED) is 0.620. The molecule has 7 heteroatoms. The topological polar surface area (TPSA) is 96.7 Å². The zero-order valence-electron chi connectivity index (χ0n) is 9.12. The lowest BCUT2D eigenvalue weighted by atomic mass is 10.3. The monoisotopic (exact) mass is 233 g/mol. The minimum absolute atomic E-state index is 0.00847. The third-order valence-electron chi connectivity index (χ3n) is 2.25. The molecule has 7 nitrogen and oxygen atoms in total. The zero-order chi connectivity index (χ0) is 12.3. The van der Waals surface area contributed by atoms with Crippen LogP contribution in [0.15, 0.2) is 30.7 Å². The molecule has 0 amide bonds. The van der Waals surface area contributed by atoms with Gasteiger partial charge in [-0.05, 0) is 6.92 Å². The lowest BCUT2D eigenvalue weighted by molar-refractivity contribution is -0.384. The molecule has 0 saturated heterocycles. The number of imidazole rings is 1. The fraction of sp³-hybridized carbons (Fsp3) is 0.200. The number of aromatic amines is 1. The first kappa shape index (κ1) is 11.1. The van der Waals surface area contributed by atoms with Crippen molar-refractivity contribution in [2.24, 2.45) is 0 Å². The van der Waals surface area contributed by atoms with E-state index in [1.165, 1.54) is 18.3 Å². The molecular weight excluding hydrogens is 222 g/mol. The third-order valence-corrected chi connectivity index (χ3v) is 2.25. The summed E-state index contributed by atoms with van der Waals surface area (Å²) in [4.78, 5) is 21.2. The Morgan fingerprint density at radius 2 is 2.29 bits per heavy atom. The highest BCUT2D eigenvalue weighted by atomic mass is 16.6. The molecule has 2 aromatic heterocycles. The van der Waals surface area contributed by atoms with Gasteiger partial charge < -0.3 is 10.3 Å². The van der Waals surface area contributed by atoms with E-state index in [4.69, 9.17) is 0 Å². The van der Waals surface area contributed by atoms with E-state index in [0.717, 1.165) is 5.82 Å². The zero-order valence-corrected chi connectivity index (χ0v) is 9.12. The van der Waals surface area contributed by atoms with Crippen LogP contribution in [-0.2, 0) is 0 Å². The minimum atomic E-state index is -0.454. The Morgan fingerprint density at radius 1 is 1.47 bits per heavy atom. The van der Waals surface area contributed by atoms with Crippen LogP contribution < -0.4 is 5.32 Å². The van der Waals surface area contributed by atoms with Crippen LogP contribution in [0.3, 0.4) is 0 Å². The smallest absolute Gasteiger partial charge is 0.274 e. The van der Waals surface area contributed by atoms with Crippen molar-refractivity contribution in [3.63, 3.8) is 0 Å². The van der Waals surface area contributed by atoms with Crippen LogP contribution in [-0.4, -0.2) is 19.9 Å². The van der Waals surface area contributed by atoms with E-state index in [0.29, 0.717) is 5.82 Å². The van der Waals surface area contributed by atoms with Crippen molar-refractivity contribution in [1.82, 2.24) is 15.0 Å². The lowest BCUT2D eigenvalue weighted by Gasteiger charge is -2.11. The van der Waals surface area contributed by atoms with E-state index >= 15 is 0 Å². The van der Waals surface area contributed by atoms with E-state index in [9.17, 15) is 10.1 Å². The summed E-state index contributed by atoms with van der Waals surface area (Å²) < 4.78 is 0. The maximum absolute atomic E-state index is 10.6. The largest absolute Gasteiger partial charge is 0.360 e. The molecule has 0 radical (unpaired) electrons. The van der Waals surface area contributed by atoms with Crippen molar-refractivity contribution in [3.05, 3.63) is 46.7 Å². The summed E-state index contributed by atoms with van der Waals surface area (Å²) in [5.74, 6) is 1.20. The maximum atomic E-state index is 10.6. The number of anilines is 1. The highest BCUT2D eigenvalue weighted by molar-refractivity contribution is 5.45. The van der Waals surface area contributed by atoms with Gasteiger partial charge in [-0.1, -0.05) is 0 Å². The van der Waals surface area contributed by atoms with Crippen molar-refractivity contribution in [1.29, 1.82) is 0 Å². The molecule has 0 aliphatic carbocycles. The van der Waals surface area contributed by atoms with Gasteiger partial charge in [0.05, 0.1) is 17.0 Å². The first-order valence-electron chi connectivity index (χ1n) is 5.03. The number of nitrogens with one attached hydrogen (secondary N) is 2. The van der Waals surface area contributed by atoms with Crippen molar-refractivity contribution >= 4 is 11.5 Å². The van der Waals surface area contributed by atoms with Gasteiger partial charge in [0.1, 0.15) is 11.6 Å². The fourth-order valence-electron chi connectivity index (χ4n) is 1.42. The Kier molecular flexibility index (Phi) is 2.99. The molecular formula is C10H11N5O2. The summed E-state index contributed by atoms with van der Waals surface area (Å²) in [5, 5.41) is 13.6. The predicted molar refractivity (Wildman–Crippen MR) is 61.5 cm³/mol. The molecule has 0 aliphatic rings. The van der Waals surface area contributed by atoms with Gasteiger partial charge in [-0.25, -0.2) is 9.97 Å². The fourth-order valence-corrected chi connectivity index (χ4v) is 1.42. The number of hydrogen-bond donors (Lipinski definition) is 2. The summed E-state index contributed by atoms with van der Waals surface area (Å²) in [6.07, 6.45) is 4.76. The Bertz CT molecular complexity index is 511. The van der Waals surface area contributed by atoms with Gasteiger partial charge in [-0.3, -0.25) is 10.1 Å². The normalized spacial score (nSPS) is 12.1. The molecule has 17 heavy (non-hydrogen) atoms. The third kappa shape index (κ3) is 2.57.